The highest BCUT2D eigenvalue weighted by Gasteiger charge is 2.21. The first-order valence-electron chi connectivity index (χ1n) is 7.50. The van der Waals surface area contributed by atoms with Crippen molar-refractivity contribution < 1.29 is 9.59 Å². The van der Waals surface area contributed by atoms with E-state index in [1.165, 1.54) is 11.3 Å². The lowest BCUT2D eigenvalue weighted by Crippen LogP contribution is -2.51. The van der Waals surface area contributed by atoms with Crippen molar-refractivity contribution in [3.8, 4) is 0 Å². The van der Waals surface area contributed by atoms with Crippen molar-refractivity contribution in [1.29, 1.82) is 0 Å². The maximum Gasteiger partial charge on any atom is 0.252 e. The highest BCUT2D eigenvalue weighted by molar-refractivity contribution is 7.08. The summed E-state index contributed by atoms with van der Waals surface area (Å²) in [6.45, 7) is 3.66. The van der Waals surface area contributed by atoms with E-state index >= 15 is 0 Å². The monoisotopic (exact) mass is 309 g/mol. The van der Waals surface area contributed by atoms with E-state index < -0.39 is 0 Å². The molecule has 1 fully saturated rings. The Hall–Kier alpha value is -1.40. The van der Waals surface area contributed by atoms with E-state index in [-0.39, 0.29) is 17.9 Å². The quantitative estimate of drug-likeness (QED) is 0.698. The van der Waals surface area contributed by atoms with Crippen LogP contribution in [0.15, 0.2) is 16.8 Å². The first-order valence-corrected chi connectivity index (χ1v) is 8.44. The molecule has 2 heterocycles. The highest BCUT2D eigenvalue weighted by atomic mass is 32.1. The van der Waals surface area contributed by atoms with Crippen LogP contribution in [-0.2, 0) is 4.79 Å². The van der Waals surface area contributed by atoms with Gasteiger partial charge in [0, 0.05) is 36.0 Å². The predicted molar refractivity (Wildman–Crippen MR) is 84.5 cm³/mol. The molecule has 1 aliphatic heterocycles. The Balaban J connectivity index is 1.60. The van der Waals surface area contributed by atoms with Gasteiger partial charge in [0.05, 0.1) is 0 Å². The molecule has 6 heteroatoms. The smallest absolute Gasteiger partial charge is 0.252 e. The van der Waals surface area contributed by atoms with Crippen LogP contribution in [0.4, 0.5) is 0 Å². The summed E-state index contributed by atoms with van der Waals surface area (Å²) in [5, 5.41) is 13.0. The number of carbonyl (C=O) groups is 2. The molecule has 116 valence electrons. The summed E-state index contributed by atoms with van der Waals surface area (Å²) < 4.78 is 0. The van der Waals surface area contributed by atoms with Gasteiger partial charge < -0.3 is 16.0 Å². The highest BCUT2D eigenvalue weighted by Crippen LogP contribution is 2.08. The SMILES string of the molecule is CC1NCCCC1NC(=O)CCCNC(=O)c1ccsc1. The standard InChI is InChI=1S/C15H23N3O2S/c1-11-13(4-2-7-16-11)18-14(19)5-3-8-17-15(20)12-6-9-21-10-12/h6,9-11,13,16H,2-5,7-8H2,1H3,(H,17,20)(H,18,19). The number of thiophene rings is 1. The zero-order chi connectivity index (χ0) is 15.1. The van der Waals surface area contributed by atoms with Gasteiger partial charge in [0.1, 0.15) is 0 Å². The van der Waals surface area contributed by atoms with Crippen molar-refractivity contribution in [2.45, 2.75) is 44.7 Å². The number of hydrogen-bond donors (Lipinski definition) is 3. The molecule has 2 atom stereocenters. The summed E-state index contributed by atoms with van der Waals surface area (Å²) in [5.74, 6) is 0.00194. The number of nitrogens with one attached hydrogen (secondary N) is 3. The number of piperidine rings is 1. The Morgan fingerprint density at radius 2 is 2.33 bits per heavy atom. The van der Waals surface area contributed by atoms with Gasteiger partial charge in [0.25, 0.3) is 5.91 Å². The fourth-order valence-corrected chi connectivity index (χ4v) is 3.10. The van der Waals surface area contributed by atoms with Crippen molar-refractivity contribution in [2.75, 3.05) is 13.1 Å². The fraction of sp³-hybridized carbons (Fsp3) is 0.600. The number of rotatable bonds is 6. The third-order valence-corrected chi connectivity index (χ3v) is 4.44. The van der Waals surface area contributed by atoms with Crippen molar-refractivity contribution in [3.05, 3.63) is 22.4 Å². The van der Waals surface area contributed by atoms with Crippen molar-refractivity contribution in [2.24, 2.45) is 0 Å². The fourth-order valence-electron chi connectivity index (χ4n) is 2.47. The van der Waals surface area contributed by atoms with E-state index in [1.54, 1.807) is 6.07 Å². The average molecular weight is 309 g/mol. The average Bonchev–Trinajstić information content (AvgIpc) is 3.00. The van der Waals surface area contributed by atoms with Crippen LogP contribution in [0.3, 0.4) is 0 Å². The van der Waals surface area contributed by atoms with Crippen LogP contribution in [-0.4, -0.2) is 37.0 Å². The van der Waals surface area contributed by atoms with Crippen LogP contribution in [0.5, 0.6) is 0 Å². The molecule has 0 aliphatic carbocycles. The maximum atomic E-state index is 11.9. The Kier molecular flexibility index (Phi) is 6.20. The van der Waals surface area contributed by atoms with Crippen molar-refractivity contribution >= 4 is 23.2 Å². The predicted octanol–water partition coefficient (Wildman–Crippen LogP) is 1.51. The molecule has 0 aromatic carbocycles. The van der Waals surface area contributed by atoms with Crippen molar-refractivity contribution in [1.82, 2.24) is 16.0 Å². The molecule has 1 aromatic rings. The lowest BCUT2D eigenvalue weighted by Gasteiger charge is -2.30. The van der Waals surface area contributed by atoms with Gasteiger partial charge in [-0.15, -0.1) is 0 Å². The molecule has 2 rings (SSSR count). The third-order valence-electron chi connectivity index (χ3n) is 3.76. The van der Waals surface area contributed by atoms with Gasteiger partial charge in [0.2, 0.25) is 5.91 Å². The topological polar surface area (TPSA) is 70.2 Å². The van der Waals surface area contributed by atoms with Crippen LogP contribution in [0.2, 0.25) is 0 Å². The van der Waals surface area contributed by atoms with E-state index in [1.807, 2.05) is 10.8 Å². The largest absolute Gasteiger partial charge is 0.352 e. The molecule has 5 nitrogen and oxygen atoms in total. The molecule has 1 saturated heterocycles. The van der Waals surface area contributed by atoms with Crippen LogP contribution in [0, 0.1) is 0 Å². The normalized spacial score (nSPS) is 21.8. The van der Waals surface area contributed by atoms with Gasteiger partial charge in [-0.25, -0.2) is 0 Å². The van der Waals surface area contributed by atoms with Gasteiger partial charge in [-0.3, -0.25) is 9.59 Å². The minimum absolute atomic E-state index is 0.0678. The molecule has 2 unspecified atom stereocenters. The second kappa shape index (κ2) is 8.14. The van der Waals surface area contributed by atoms with Gasteiger partial charge in [-0.1, -0.05) is 0 Å². The molecule has 1 aliphatic rings. The van der Waals surface area contributed by atoms with Crippen LogP contribution >= 0.6 is 11.3 Å². The number of carbonyl (C=O) groups excluding carboxylic acids is 2. The third kappa shape index (κ3) is 5.13. The molecule has 3 N–H and O–H groups in total. The van der Waals surface area contributed by atoms with Crippen LogP contribution in [0.1, 0.15) is 43.0 Å². The van der Waals surface area contributed by atoms with Gasteiger partial charge in [0.15, 0.2) is 0 Å². The lowest BCUT2D eigenvalue weighted by atomic mass is 10.00. The molecular weight excluding hydrogens is 286 g/mol. The summed E-state index contributed by atoms with van der Waals surface area (Å²) in [7, 11) is 0. The zero-order valence-electron chi connectivity index (χ0n) is 12.4. The van der Waals surface area contributed by atoms with E-state index in [0.29, 0.717) is 31.0 Å². The number of amides is 2. The molecule has 0 saturated carbocycles. The summed E-state index contributed by atoms with van der Waals surface area (Å²) in [5.41, 5.74) is 0.687. The van der Waals surface area contributed by atoms with Crippen LogP contribution < -0.4 is 16.0 Å². The van der Waals surface area contributed by atoms with E-state index in [0.717, 1.165) is 19.4 Å². The van der Waals surface area contributed by atoms with E-state index in [4.69, 9.17) is 0 Å². The molecule has 0 radical (unpaired) electrons. The summed E-state index contributed by atoms with van der Waals surface area (Å²) in [4.78, 5) is 23.6. The van der Waals surface area contributed by atoms with Crippen molar-refractivity contribution in [3.63, 3.8) is 0 Å². The molecule has 0 bridgehead atoms. The molecular formula is C15H23N3O2S. The minimum Gasteiger partial charge on any atom is -0.352 e. The lowest BCUT2D eigenvalue weighted by molar-refractivity contribution is -0.122. The first kappa shape index (κ1) is 16.0. The maximum absolute atomic E-state index is 11.9. The summed E-state index contributed by atoms with van der Waals surface area (Å²) in [6, 6.07) is 2.36. The molecule has 0 spiro atoms. The number of hydrogen-bond acceptors (Lipinski definition) is 4. The second-order valence-electron chi connectivity index (χ2n) is 5.43. The Bertz CT molecular complexity index is 461. The van der Waals surface area contributed by atoms with Gasteiger partial charge >= 0.3 is 0 Å². The summed E-state index contributed by atoms with van der Waals surface area (Å²) in [6.07, 6.45) is 3.25. The Labute approximate surface area is 129 Å². The Morgan fingerprint density at radius 1 is 1.48 bits per heavy atom. The Morgan fingerprint density at radius 3 is 3.05 bits per heavy atom. The molecule has 1 aromatic heterocycles. The first-order chi connectivity index (χ1) is 10.2. The van der Waals surface area contributed by atoms with Crippen LogP contribution in [0.25, 0.3) is 0 Å². The van der Waals surface area contributed by atoms with Gasteiger partial charge in [-0.05, 0) is 44.2 Å². The molecule has 21 heavy (non-hydrogen) atoms. The zero-order valence-corrected chi connectivity index (χ0v) is 13.2. The van der Waals surface area contributed by atoms with E-state index in [9.17, 15) is 9.59 Å². The molecule has 2 amide bonds. The summed E-state index contributed by atoms with van der Waals surface area (Å²) >= 11 is 1.50. The van der Waals surface area contributed by atoms with Gasteiger partial charge in [-0.2, -0.15) is 11.3 Å². The second-order valence-corrected chi connectivity index (χ2v) is 6.21. The minimum atomic E-state index is -0.0678. The van der Waals surface area contributed by atoms with E-state index in [2.05, 4.69) is 22.9 Å².